The van der Waals surface area contributed by atoms with Crippen molar-refractivity contribution in [1.82, 2.24) is 4.90 Å². The van der Waals surface area contributed by atoms with E-state index in [0.29, 0.717) is 5.57 Å². The molecule has 0 aliphatic heterocycles. The smallest absolute Gasteiger partial charge is 0.334 e. The molecule has 0 bridgehead atoms. The molecule has 1 aromatic rings. The predicted octanol–water partition coefficient (Wildman–Crippen LogP) is 2.58. The van der Waals surface area contributed by atoms with Gasteiger partial charge in [0.15, 0.2) is 6.23 Å². The van der Waals surface area contributed by atoms with Gasteiger partial charge in [0.1, 0.15) is 0 Å². The molecular formula is C14H19NO2. The molecule has 3 heteroatoms. The van der Waals surface area contributed by atoms with E-state index in [1.54, 1.807) is 6.92 Å². The number of benzene rings is 1. The maximum atomic E-state index is 11.4. The van der Waals surface area contributed by atoms with Crippen molar-refractivity contribution < 1.29 is 9.53 Å². The van der Waals surface area contributed by atoms with Gasteiger partial charge in [-0.25, -0.2) is 4.79 Å². The topological polar surface area (TPSA) is 29.5 Å². The van der Waals surface area contributed by atoms with Crippen LogP contribution in [-0.4, -0.2) is 24.1 Å². The van der Waals surface area contributed by atoms with Crippen LogP contribution in [0, 0.1) is 0 Å². The minimum atomic E-state index is -0.350. The van der Waals surface area contributed by atoms with Gasteiger partial charge in [-0.2, -0.15) is 0 Å². The minimum Gasteiger partial charge on any atom is -0.443 e. The average molecular weight is 233 g/mol. The molecule has 0 aliphatic carbocycles. The fraction of sp³-hybridized carbons (Fsp3) is 0.357. The maximum Gasteiger partial charge on any atom is 0.334 e. The third-order valence-corrected chi connectivity index (χ3v) is 2.52. The number of hydrogen-bond acceptors (Lipinski definition) is 3. The highest BCUT2D eigenvalue weighted by Crippen LogP contribution is 2.08. The summed E-state index contributed by atoms with van der Waals surface area (Å²) in [4.78, 5) is 13.3. The molecule has 0 amide bonds. The highest BCUT2D eigenvalue weighted by atomic mass is 16.6. The van der Waals surface area contributed by atoms with Gasteiger partial charge in [0.2, 0.25) is 0 Å². The molecule has 1 rings (SSSR count). The average Bonchev–Trinajstić information content (AvgIpc) is 2.29. The highest BCUT2D eigenvalue weighted by Gasteiger charge is 2.14. The fourth-order valence-electron chi connectivity index (χ4n) is 1.35. The van der Waals surface area contributed by atoms with Crippen LogP contribution in [0.25, 0.3) is 0 Å². The Bertz CT molecular complexity index is 386. The molecule has 0 saturated carbocycles. The molecule has 0 radical (unpaired) electrons. The standard InChI is InChI=1S/C14H19NO2/c1-11(2)14(16)17-12(3)15(4)10-13-8-6-5-7-9-13/h5-9,12H,1,10H2,2-4H3. The van der Waals surface area contributed by atoms with E-state index >= 15 is 0 Å². The summed E-state index contributed by atoms with van der Waals surface area (Å²) in [6, 6.07) is 10.1. The zero-order valence-corrected chi connectivity index (χ0v) is 10.6. The Morgan fingerprint density at radius 2 is 2.00 bits per heavy atom. The lowest BCUT2D eigenvalue weighted by molar-refractivity contribution is -0.151. The van der Waals surface area contributed by atoms with Gasteiger partial charge in [0.25, 0.3) is 0 Å². The van der Waals surface area contributed by atoms with Gasteiger partial charge in [0.05, 0.1) is 0 Å². The number of carbonyl (C=O) groups is 1. The van der Waals surface area contributed by atoms with Gasteiger partial charge in [-0.15, -0.1) is 0 Å². The molecular weight excluding hydrogens is 214 g/mol. The summed E-state index contributed by atoms with van der Waals surface area (Å²) in [6.45, 7) is 7.80. The van der Waals surface area contributed by atoms with Gasteiger partial charge in [-0.1, -0.05) is 36.9 Å². The van der Waals surface area contributed by atoms with Crippen molar-refractivity contribution >= 4 is 5.97 Å². The molecule has 0 N–H and O–H groups in total. The minimum absolute atomic E-state index is 0.264. The number of nitrogens with zero attached hydrogens (tertiary/aromatic N) is 1. The molecule has 0 heterocycles. The van der Waals surface area contributed by atoms with Gasteiger partial charge in [-0.3, -0.25) is 4.90 Å². The zero-order chi connectivity index (χ0) is 12.8. The number of rotatable bonds is 5. The lowest BCUT2D eigenvalue weighted by Gasteiger charge is -2.24. The third-order valence-electron chi connectivity index (χ3n) is 2.52. The van der Waals surface area contributed by atoms with Crippen LogP contribution in [0.2, 0.25) is 0 Å². The Hall–Kier alpha value is -1.61. The van der Waals surface area contributed by atoms with Gasteiger partial charge < -0.3 is 4.74 Å². The van der Waals surface area contributed by atoms with Crippen molar-refractivity contribution in [2.45, 2.75) is 26.6 Å². The molecule has 1 atom stereocenters. The van der Waals surface area contributed by atoms with Crippen LogP contribution in [-0.2, 0) is 16.1 Å². The van der Waals surface area contributed by atoms with E-state index < -0.39 is 0 Å². The van der Waals surface area contributed by atoms with E-state index in [9.17, 15) is 4.79 Å². The van der Waals surface area contributed by atoms with Gasteiger partial charge >= 0.3 is 5.97 Å². The fourth-order valence-corrected chi connectivity index (χ4v) is 1.35. The predicted molar refractivity (Wildman–Crippen MR) is 68.3 cm³/mol. The number of ether oxygens (including phenoxy) is 1. The Labute approximate surface area is 103 Å². The van der Waals surface area contributed by atoms with Crippen molar-refractivity contribution in [2.75, 3.05) is 7.05 Å². The van der Waals surface area contributed by atoms with E-state index in [0.717, 1.165) is 6.54 Å². The molecule has 0 aromatic heterocycles. The maximum absolute atomic E-state index is 11.4. The first-order valence-electron chi connectivity index (χ1n) is 5.61. The highest BCUT2D eigenvalue weighted by molar-refractivity contribution is 5.87. The summed E-state index contributed by atoms with van der Waals surface area (Å²) in [5.74, 6) is -0.350. The largest absolute Gasteiger partial charge is 0.443 e. The number of carbonyl (C=O) groups excluding carboxylic acids is 1. The molecule has 0 spiro atoms. The summed E-state index contributed by atoms with van der Waals surface area (Å²) in [6.07, 6.45) is -0.264. The second kappa shape index (κ2) is 6.21. The van der Waals surface area contributed by atoms with Crippen molar-refractivity contribution in [2.24, 2.45) is 0 Å². The Morgan fingerprint density at radius 1 is 1.41 bits per heavy atom. The summed E-state index contributed by atoms with van der Waals surface area (Å²) in [7, 11) is 1.92. The van der Waals surface area contributed by atoms with E-state index in [-0.39, 0.29) is 12.2 Å². The molecule has 3 nitrogen and oxygen atoms in total. The van der Waals surface area contributed by atoms with Gasteiger partial charge in [0, 0.05) is 12.1 Å². The van der Waals surface area contributed by atoms with E-state index in [4.69, 9.17) is 4.74 Å². The van der Waals surface area contributed by atoms with E-state index in [1.807, 2.05) is 49.2 Å². The summed E-state index contributed by atoms with van der Waals surface area (Å²) in [5.41, 5.74) is 1.61. The van der Waals surface area contributed by atoms with Crippen molar-refractivity contribution in [3.05, 3.63) is 48.0 Å². The molecule has 0 aliphatic rings. The molecule has 1 aromatic carbocycles. The lowest BCUT2D eigenvalue weighted by atomic mass is 10.2. The Balaban J connectivity index is 2.50. The molecule has 0 fully saturated rings. The van der Waals surface area contributed by atoms with Crippen LogP contribution in [0.4, 0.5) is 0 Å². The van der Waals surface area contributed by atoms with Crippen molar-refractivity contribution in [3.8, 4) is 0 Å². The molecule has 17 heavy (non-hydrogen) atoms. The first-order chi connectivity index (χ1) is 8.00. The second-order valence-corrected chi connectivity index (χ2v) is 4.19. The van der Waals surface area contributed by atoms with Crippen LogP contribution < -0.4 is 0 Å². The van der Waals surface area contributed by atoms with Gasteiger partial charge in [-0.05, 0) is 26.5 Å². The molecule has 92 valence electrons. The first-order valence-corrected chi connectivity index (χ1v) is 5.61. The van der Waals surface area contributed by atoms with Crippen LogP contribution in [0.3, 0.4) is 0 Å². The first kappa shape index (κ1) is 13.5. The van der Waals surface area contributed by atoms with Crippen molar-refractivity contribution in [1.29, 1.82) is 0 Å². The quantitative estimate of drug-likeness (QED) is 0.445. The zero-order valence-electron chi connectivity index (χ0n) is 10.6. The Kier molecular flexibility index (Phi) is 4.91. The Morgan fingerprint density at radius 3 is 2.53 bits per heavy atom. The normalized spacial score (nSPS) is 12.2. The van der Waals surface area contributed by atoms with Crippen LogP contribution in [0.1, 0.15) is 19.4 Å². The SMILES string of the molecule is C=C(C)C(=O)OC(C)N(C)Cc1ccccc1. The van der Waals surface area contributed by atoms with Crippen molar-refractivity contribution in [3.63, 3.8) is 0 Å². The molecule has 0 saturated heterocycles. The number of hydrogen-bond donors (Lipinski definition) is 0. The van der Waals surface area contributed by atoms with Crippen LogP contribution in [0.5, 0.6) is 0 Å². The number of esters is 1. The summed E-state index contributed by atoms with van der Waals surface area (Å²) in [5, 5.41) is 0. The van der Waals surface area contributed by atoms with E-state index in [1.165, 1.54) is 5.56 Å². The summed E-state index contributed by atoms with van der Waals surface area (Å²) < 4.78 is 5.23. The van der Waals surface area contributed by atoms with Crippen LogP contribution in [0.15, 0.2) is 42.5 Å². The molecule has 1 unspecified atom stereocenters. The third kappa shape index (κ3) is 4.41. The van der Waals surface area contributed by atoms with Crippen LogP contribution >= 0.6 is 0 Å². The van der Waals surface area contributed by atoms with E-state index in [2.05, 4.69) is 6.58 Å². The second-order valence-electron chi connectivity index (χ2n) is 4.19. The summed E-state index contributed by atoms with van der Waals surface area (Å²) >= 11 is 0. The lowest BCUT2D eigenvalue weighted by Crippen LogP contribution is -2.33. The monoisotopic (exact) mass is 233 g/mol.